The van der Waals surface area contributed by atoms with Gasteiger partial charge in [0.15, 0.2) is 0 Å². The zero-order valence-electron chi connectivity index (χ0n) is 17.7. The molecule has 0 aliphatic heterocycles. The molecular formula is C26H22N4O2S. The third-order valence-electron chi connectivity index (χ3n) is 6.56. The van der Waals surface area contributed by atoms with Gasteiger partial charge in [0.05, 0.1) is 16.6 Å². The molecule has 2 aliphatic carbocycles. The van der Waals surface area contributed by atoms with Crippen molar-refractivity contribution in [1.82, 2.24) is 9.97 Å². The SMILES string of the molecule is O=C(Nc1ccc(-c2nc3ccc(NC(=O)C4CC5C=CC4C5)cc3[nH]2)cc1)c1ccsc1. The van der Waals surface area contributed by atoms with Crippen molar-refractivity contribution in [2.45, 2.75) is 12.8 Å². The first-order valence-corrected chi connectivity index (χ1v) is 12.0. The van der Waals surface area contributed by atoms with Crippen LogP contribution < -0.4 is 10.6 Å². The fourth-order valence-electron chi connectivity index (χ4n) is 4.85. The second kappa shape index (κ2) is 8.01. The van der Waals surface area contributed by atoms with Crippen molar-refractivity contribution in [2.75, 3.05) is 10.6 Å². The van der Waals surface area contributed by atoms with Crippen LogP contribution in [0, 0.1) is 17.8 Å². The van der Waals surface area contributed by atoms with Crippen LogP contribution in [0.1, 0.15) is 23.2 Å². The minimum atomic E-state index is -0.122. The Labute approximate surface area is 194 Å². The molecular weight excluding hydrogens is 432 g/mol. The highest BCUT2D eigenvalue weighted by Gasteiger charge is 2.39. The summed E-state index contributed by atoms with van der Waals surface area (Å²) in [6.45, 7) is 0. The van der Waals surface area contributed by atoms with E-state index in [1.165, 1.54) is 11.3 Å². The van der Waals surface area contributed by atoms with Gasteiger partial charge >= 0.3 is 0 Å². The van der Waals surface area contributed by atoms with Crippen LogP contribution in [0.4, 0.5) is 11.4 Å². The summed E-state index contributed by atoms with van der Waals surface area (Å²) in [7, 11) is 0. The number of amides is 2. The first-order chi connectivity index (χ1) is 16.1. The van der Waals surface area contributed by atoms with Crippen LogP contribution in [0.3, 0.4) is 0 Å². The van der Waals surface area contributed by atoms with E-state index < -0.39 is 0 Å². The minimum Gasteiger partial charge on any atom is -0.338 e. The Morgan fingerprint density at radius 1 is 0.970 bits per heavy atom. The second-order valence-corrected chi connectivity index (χ2v) is 9.52. The molecule has 2 amide bonds. The van der Waals surface area contributed by atoms with Crippen LogP contribution >= 0.6 is 11.3 Å². The van der Waals surface area contributed by atoms with Gasteiger partial charge in [0.25, 0.3) is 5.91 Å². The number of carbonyl (C=O) groups excluding carboxylic acids is 2. The van der Waals surface area contributed by atoms with Crippen LogP contribution in [0.25, 0.3) is 22.4 Å². The first-order valence-electron chi connectivity index (χ1n) is 11.1. The van der Waals surface area contributed by atoms with E-state index >= 15 is 0 Å². The Morgan fingerprint density at radius 2 is 1.82 bits per heavy atom. The summed E-state index contributed by atoms with van der Waals surface area (Å²) >= 11 is 1.49. The molecule has 3 N–H and O–H groups in total. The fraction of sp³-hybridized carbons (Fsp3) is 0.192. The largest absolute Gasteiger partial charge is 0.338 e. The number of aromatic amines is 1. The van der Waals surface area contributed by atoms with Crippen LogP contribution in [-0.2, 0) is 4.79 Å². The molecule has 7 heteroatoms. The number of rotatable bonds is 5. The monoisotopic (exact) mass is 454 g/mol. The average molecular weight is 455 g/mol. The van der Waals surface area contributed by atoms with E-state index in [-0.39, 0.29) is 17.7 Å². The number of nitrogens with zero attached hydrogens (tertiary/aromatic N) is 1. The van der Waals surface area contributed by atoms with Gasteiger partial charge in [-0.2, -0.15) is 11.3 Å². The number of hydrogen-bond acceptors (Lipinski definition) is 4. The van der Waals surface area contributed by atoms with Crippen molar-refractivity contribution in [3.8, 4) is 11.4 Å². The van der Waals surface area contributed by atoms with E-state index in [0.29, 0.717) is 17.4 Å². The maximum absolute atomic E-state index is 12.8. The number of anilines is 2. The molecule has 6 rings (SSSR count). The van der Waals surface area contributed by atoms with E-state index in [9.17, 15) is 9.59 Å². The molecule has 33 heavy (non-hydrogen) atoms. The van der Waals surface area contributed by atoms with Gasteiger partial charge in [-0.3, -0.25) is 9.59 Å². The summed E-state index contributed by atoms with van der Waals surface area (Å²) < 4.78 is 0. The molecule has 164 valence electrons. The van der Waals surface area contributed by atoms with Crippen molar-refractivity contribution >= 4 is 45.6 Å². The molecule has 1 fully saturated rings. The average Bonchev–Trinajstić information content (AvgIpc) is 3.63. The summed E-state index contributed by atoms with van der Waals surface area (Å²) in [5.74, 6) is 1.75. The molecule has 3 unspecified atom stereocenters. The van der Waals surface area contributed by atoms with Gasteiger partial charge in [0.2, 0.25) is 5.91 Å². The third kappa shape index (κ3) is 3.85. The standard InChI is InChI=1S/C26H22N4O2S/c31-25(18-9-10-33-14-18)27-19-5-3-16(4-6-19)24-29-22-8-7-20(13-23(22)30-24)28-26(32)21-12-15-1-2-17(21)11-15/h1-10,13-15,17,21H,11-12H2,(H,27,31)(H,28,32)(H,29,30). The number of imidazole rings is 1. The zero-order chi connectivity index (χ0) is 22.4. The van der Waals surface area contributed by atoms with Crippen molar-refractivity contribution < 1.29 is 9.59 Å². The molecule has 0 spiro atoms. The van der Waals surface area contributed by atoms with Gasteiger partial charge < -0.3 is 15.6 Å². The maximum Gasteiger partial charge on any atom is 0.256 e. The number of H-pyrrole nitrogens is 1. The van der Waals surface area contributed by atoms with Gasteiger partial charge in [-0.25, -0.2) is 4.98 Å². The lowest BCUT2D eigenvalue weighted by molar-refractivity contribution is -0.120. The van der Waals surface area contributed by atoms with E-state index in [2.05, 4.69) is 32.8 Å². The number of hydrogen-bond donors (Lipinski definition) is 3. The summed E-state index contributed by atoms with van der Waals surface area (Å²) in [5, 5.41) is 9.69. The van der Waals surface area contributed by atoms with Gasteiger partial charge in [-0.1, -0.05) is 12.2 Å². The molecule has 2 aromatic carbocycles. The first kappa shape index (κ1) is 19.9. The minimum absolute atomic E-state index is 0.0757. The Morgan fingerprint density at radius 3 is 2.55 bits per heavy atom. The quantitative estimate of drug-likeness (QED) is 0.338. The molecule has 0 radical (unpaired) electrons. The van der Waals surface area contributed by atoms with Gasteiger partial charge in [-0.05, 0) is 78.6 Å². The number of fused-ring (bicyclic) bond motifs is 3. The smallest absolute Gasteiger partial charge is 0.256 e. The fourth-order valence-corrected chi connectivity index (χ4v) is 5.49. The second-order valence-electron chi connectivity index (χ2n) is 8.74. The topological polar surface area (TPSA) is 86.9 Å². The van der Waals surface area contributed by atoms with Crippen LogP contribution in [-0.4, -0.2) is 21.8 Å². The molecule has 2 aliphatic rings. The molecule has 4 aromatic rings. The number of carbonyl (C=O) groups is 2. The number of thiophene rings is 1. The number of nitrogens with one attached hydrogen (secondary N) is 3. The summed E-state index contributed by atoms with van der Waals surface area (Å²) in [4.78, 5) is 33.0. The van der Waals surface area contributed by atoms with Gasteiger partial charge in [-0.15, -0.1) is 0 Å². The highest BCUT2D eigenvalue weighted by molar-refractivity contribution is 7.08. The highest BCUT2D eigenvalue weighted by atomic mass is 32.1. The molecule has 2 bridgehead atoms. The lowest BCUT2D eigenvalue weighted by atomic mass is 9.93. The molecule has 3 atom stereocenters. The van der Waals surface area contributed by atoms with Crippen LogP contribution in [0.5, 0.6) is 0 Å². The Balaban J connectivity index is 1.16. The zero-order valence-corrected chi connectivity index (χ0v) is 18.6. The van der Waals surface area contributed by atoms with E-state index in [4.69, 9.17) is 0 Å². The number of aromatic nitrogens is 2. The summed E-state index contributed by atoms with van der Waals surface area (Å²) in [6.07, 6.45) is 6.50. The van der Waals surface area contributed by atoms with Gasteiger partial charge in [0.1, 0.15) is 5.82 Å². The predicted octanol–water partition coefficient (Wildman–Crippen LogP) is 5.69. The molecule has 6 nitrogen and oxygen atoms in total. The highest BCUT2D eigenvalue weighted by Crippen LogP contribution is 2.43. The predicted molar refractivity (Wildman–Crippen MR) is 131 cm³/mol. The van der Waals surface area contributed by atoms with E-state index in [1.807, 2.05) is 53.2 Å². The molecule has 1 saturated carbocycles. The molecule has 0 saturated heterocycles. The number of benzene rings is 2. The Hall–Kier alpha value is -3.71. The summed E-state index contributed by atoms with van der Waals surface area (Å²) in [5.41, 5.74) is 4.78. The Bertz CT molecular complexity index is 1370. The van der Waals surface area contributed by atoms with Crippen molar-refractivity contribution in [2.24, 2.45) is 17.8 Å². The lowest BCUT2D eigenvalue weighted by Crippen LogP contribution is -2.25. The normalized spacial score (nSPS) is 20.9. The maximum atomic E-state index is 12.8. The lowest BCUT2D eigenvalue weighted by Gasteiger charge is -2.17. The van der Waals surface area contributed by atoms with Crippen molar-refractivity contribution in [3.63, 3.8) is 0 Å². The molecule has 2 heterocycles. The number of allylic oxidation sites excluding steroid dienone is 2. The molecule has 2 aromatic heterocycles. The summed E-state index contributed by atoms with van der Waals surface area (Å²) in [6, 6.07) is 15.1. The Kier molecular flexibility index (Phi) is 4.84. The van der Waals surface area contributed by atoms with Crippen LogP contribution in [0.2, 0.25) is 0 Å². The van der Waals surface area contributed by atoms with E-state index in [1.54, 1.807) is 6.07 Å². The van der Waals surface area contributed by atoms with Crippen molar-refractivity contribution in [1.29, 1.82) is 0 Å². The van der Waals surface area contributed by atoms with Gasteiger partial charge in [0, 0.05) is 28.2 Å². The van der Waals surface area contributed by atoms with Crippen molar-refractivity contribution in [3.05, 3.63) is 77.0 Å². The van der Waals surface area contributed by atoms with E-state index in [0.717, 1.165) is 46.6 Å². The third-order valence-corrected chi connectivity index (χ3v) is 7.25. The van der Waals surface area contributed by atoms with Crippen LogP contribution in [0.15, 0.2) is 71.4 Å².